The number of hydrogen-bond acceptors (Lipinski definition) is 2. The second-order valence-corrected chi connectivity index (χ2v) is 5.72. The Morgan fingerprint density at radius 2 is 1.61 bits per heavy atom. The summed E-state index contributed by atoms with van der Waals surface area (Å²) in [6.45, 7) is 2.08. The maximum absolute atomic E-state index is 13.0. The largest absolute Gasteiger partial charge is 0.416 e. The van der Waals surface area contributed by atoms with Crippen molar-refractivity contribution in [2.75, 3.05) is 13.2 Å². The molecule has 2 N–H and O–H groups in total. The highest BCUT2D eigenvalue weighted by molar-refractivity contribution is 5.33. The van der Waals surface area contributed by atoms with Crippen molar-refractivity contribution in [1.29, 1.82) is 0 Å². The van der Waals surface area contributed by atoms with Crippen molar-refractivity contribution in [3.63, 3.8) is 0 Å². The monoisotopic (exact) mass is 323 g/mol. The minimum absolute atomic E-state index is 0.0800. The van der Waals surface area contributed by atoms with Gasteiger partial charge in [0.05, 0.1) is 12.2 Å². The van der Waals surface area contributed by atoms with Crippen LogP contribution in [0, 0.1) is 0 Å². The van der Waals surface area contributed by atoms with Crippen LogP contribution >= 0.6 is 0 Å². The summed E-state index contributed by atoms with van der Waals surface area (Å²) in [5.74, 6) is 0. The molecule has 0 bridgehead atoms. The van der Waals surface area contributed by atoms with Gasteiger partial charge >= 0.3 is 6.18 Å². The molecule has 124 valence electrons. The average Bonchev–Trinajstić information content (AvgIpc) is 2.53. The lowest BCUT2D eigenvalue weighted by Gasteiger charge is -2.32. The van der Waals surface area contributed by atoms with E-state index in [9.17, 15) is 13.2 Å². The zero-order valence-electron chi connectivity index (χ0n) is 12.9. The summed E-state index contributed by atoms with van der Waals surface area (Å²) < 4.78 is 38.9. The van der Waals surface area contributed by atoms with E-state index >= 15 is 0 Å². The van der Waals surface area contributed by atoms with Crippen LogP contribution < -0.4 is 5.32 Å². The summed E-state index contributed by atoms with van der Waals surface area (Å²) in [7, 11) is 0. The Kier molecular flexibility index (Phi) is 5.44. The molecule has 23 heavy (non-hydrogen) atoms. The Hall–Kier alpha value is -1.85. The second kappa shape index (κ2) is 7.15. The van der Waals surface area contributed by atoms with Gasteiger partial charge in [-0.2, -0.15) is 13.2 Å². The zero-order chi connectivity index (χ0) is 16.9. The molecule has 0 radical (unpaired) electrons. The van der Waals surface area contributed by atoms with Gasteiger partial charge in [0, 0.05) is 12.1 Å². The Balaban J connectivity index is 2.37. The summed E-state index contributed by atoms with van der Waals surface area (Å²) in [4.78, 5) is 0. The third-order valence-electron chi connectivity index (χ3n) is 3.85. The van der Waals surface area contributed by atoms with Crippen molar-refractivity contribution in [1.82, 2.24) is 5.32 Å². The highest BCUT2D eigenvalue weighted by atomic mass is 19.4. The fraction of sp³-hybridized carbons (Fsp3) is 0.333. The molecule has 2 aromatic rings. The predicted octanol–water partition coefficient (Wildman–Crippen LogP) is 3.75. The van der Waals surface area contributed by atoms with Gasteiger partial charge in [-0.15, -0.1) is 0 Å². The van der Waals surface area contributed by atoms with Crippen LogP contribution in [-0.4, -0.2) is 18.3 Å². The number of aliphatic hydroxyl groups excluding tert-OH is 1. The van der Waals surface area contributed by atoms with Crippen LogP contribution in [-0.2, 0) is 18.1 Å². The van der Waals surface area contributed by atoms with E-state index in [2.05, 4.69) is 5.32 Å². The first-order valence-corrected chi connectivity index (χ1v) is 7.43. The fourth-order valence-electron chi connectivity index (χ4n) is 2.64. The first-order chi connectivity index (χ1) is 10.8. The van der Waals surface area contributed by atoms with Crippen LogP contribution in [0.3, 0.4) is 0 Å². The van der Waals surface area contributed by atoms with Gasteiger partial charge < -0.3 is 10.4 Å². The van der Waals surface area contributed by atoms with E-state index in [0.29, 0.717) is 18.5 Å². The van der Waals surface area contributed by atoms with E-state index in [1.54, 1.807) is 6.07 Å². The molecule has 2 aromatic carbocycles. The van der Waals surface area contributed by atoms with Gasteiger partial charge in [-0.25, -0.2) is 0 Å². The Labute approximate surface area is 134 Å². The van der Waals surface area contributed by atoms with E-state index in [1.165, 1.54) is 12.1 Å². The second-order valence-electron chi connectivity index (χ2n) is 5.72. The van der Waals surface area contributed by atoms with Gasteiger partial charge in [0.1, 0.15) is 0 Å². The standard InChI is InChI=1S/C18H20F3NO/c1-17(22-10-11-23,13-14-6-3-2-4-7-14)15-8-5-9-16(12-15)18(19,20)21/h2-9,12,22-23H,10-11,13H2,1H3. The Morgan fingerprint density at radius 1 is 0.957 bits per heavy atom. The number of hydrogen-bond donors (Lipinski definition) is 2. The van der Waals surface area contributed by atoms with Crippen molar-refractivity contribution in [3.8, 4) is 0 Å². The smallest absolute Gasteiger partial charge is 0.395 e. The number of alkyl halides is 3. The van der Waals surface area contributed by atoms with E-state index in [-0.39, 0.29) is 6.61 Å². The van der Waals surface area contributed by atoms with Gasteiger partial charge in [0.2, 0.25) is 0 Å². The molecule has 0 saturated carbocycles. The van der Waals surface area contributed by atoms with Crippen molar-refractivity contribution >= 4 is 0 Å². The highest BCUT2D eigenvalue weighted by Gasteiger charge is 2.33. The molecule has 0 saturated heterocycles. The van der Waals surface area contributed by atoms with Crippen molar-refractivity contribution in [2.24, 2.45) is 0 Å². The SMILES string of the molecule is CC(Cc1ccccc1)(NCCO)c1cccc(C(F)(F)F)c1. The molecule has 2 rings (SSSR count). The molecule has 1 unspecified atom stereocenters. The lowest BCUT2D eigenvalue weighted by molar-refractivity contribution is -0.137. The molecule has 0 spiro atoms. The molecule has 0 aliphatic heterocycles. The minimum Gasteiger partial charge on any atom is -0.395 e. The minimum atomic E-state index is -4.37. The molecular weight excluding hydrogens is 303 g/mol. The van der Waals surface area contributed by atoms with Crippen LogP contribution in [0.5, 0.6) is 0 Å². The highest BCUT2D eigenvalue weighted by Crippen LogP contribution is 2.33. The molecule has 5 heteroatoms. The molecule has 0 amide bonds. The topological polar surface area (TPSA) is 32.3 Å². The van der Waals surface area contributed by atoms with Crippen LogP contribution in [0.2, 0.25) is 0 Å². The Bertz CT molecular complexity index is 628. The van der Waals surface area contributed by atoms with E-state index in [4.69, 9.17) is 5.11 Å². The maximum Gasteiger partial charge on any atom is 0.416 e. The van der Waals surface area contributed by atoms with E-state index in [0.717, 1.165) is 11.6 Å². The average molecular weight is 323 g/mol. The molecule has 0 aromatic heterocycles. The number of aliphatic hydroxyl groups is 1. The summed E-state index contributed by atoms with van der Waals surface area (Å²) in [6.07, 6.45) is -3.85. The van der Waals surface area contributed by atoms with Gasteiger partial charge in [0.15, 0.2) is 0 Å². The zero-order valence-corrected chi connectivity index (χ0v) is 12.9. The molecule has 0 aliphatic carbocycles. The number of benzene rings is 2. The summed E-state index contributed by atoms with van der Waals surface area (Å²) in [5.41, 5.74) is 0.188. The van der Waals surface area contributed by atoms with Gasteiger partial charge in [-0.1, -0.05) is 42.5 Å². The molecular formula is C18H20F3NO. The third kappa shape index (κ3) is 4.56. The van der Waals surface area contributed by atoms with Crippen LogP contribution in [0.1, 0.15) is 23.6 Å². The molecule has 2 nitrogen and oxygen atoms in total. The van der Waals surface area contributed by atoms with Crippen molar-refractivity contribution < 1.29 is 18.3 Å². The van der Waals surface area contributed by atoms with Crippen molar-refractivity contribution in [3.05, 3.63) is 71.3 Å². The summed E-state index contributed by atoms with van der Waals surface area (Å²) in [5, 5.41) is 12.3. The van der Waals surface area contributed by atoms with Crippen LogP contribution in [0.4, 0.5) is 13.2 Å². The fourth-order valence-corrected chi connectivity index (χ4v) is 2.64. The molecule has 0 aliphatic rings. The quantitative estimate of drug-likeness (QED) is 0.849. The molecule has 0 fully saturated rings. The van der Waals surface area contributed by atoms with Crippen molar-refractivity contribution in [2.45, 2.75) is 25.1 Å². The Morgan fingerprint density at radius 3 is 2.22 bits per heavy atom. The normalized spacial score (nSPS) is 14.5. The molecule has 0 heterocycles. The number of halogens is 3. The number of rotatable bonds is 6. The van der Waals surface area contributed by atoms with Gasteiger partial charge in [-0.05, 0) is 36.6 Å². The van der Waals surface area contributed by atoms with Crippen LogP contribution in [0.15, 0.2) is 54.6 Å². The first-order valence-electron chi connectivity index (χ1n) is 7.43. The summed E-state index contributed by atoms with van der Waals surface area (Å²) >= 11 is 0. The predicted molar refractivity (Wildman–Crippen MR) is 84.0 cm³/mol. The van der Waals surface area contributed by atoms with Crippen LogP contribution in [0.25, 0.3) is 0 Å². The van der Waals surface area contributed by atoms with E-state index < -0.39 is 17.3 Å². The third-order valence-corrected chi connectivity index (χ3v) is 3.85. The van der Waals surface area contributed by atoms with Gasteiger partial charge in [0.25, 0.3) is 0 Å². The van der Waals surface area contributed by atoms with Gasteiger partial charge in [-0.3, -0.25) is 0 Å². The van der Waals surface area contributed by atoms with E-state index in [1.807, 2.05) is 37.3 Å². The lowest BCUT2D eigenvalue weighted by atomic mass is 9.84. The summed E-state index contributed by atoms with van der Waals surface area (Å²) in [6, 6.07) is 14.9. The molecule has 1 atom stereocenters. The number of nitrogens with one attached hydrogen (secondary N) is 1. The first kappa shape index (κ1) is 17.5. The lowest BCUT2D eigenvalue weighted by Crippen LogP contribution is -2.43. The maximum atomic E-state index is 13.0.